The molecule has 0 aromatic heterocycles. The minimum atomic E-state index is -0.556. The van der Waals surface area contributed by atoms with Crippen LogP contribution < -0.4 is 0 Å². The van der Waals surface area contributed by atoms with Crippen LogP contribution in [0.15, 0.2) is 0 Å². The average Bonchev–Trinajstić information content (AvgIpc) is 2.63. The van der Waals surface area contributed by atoms with E-state index in [0.717, 1.165) is 6.42 Å². The van der Waals surface area contributed by atoms with E-state index >= 15 is 0 Å². The summed E-state index contributed by atoms with van der Waals surface area (Å²) in [6.07, 6.45) is 0.234. The van der Waals surface area contributed by atoms with Crippen molar-refractivity contribution in [2.45, 2.75) is 17.9 Å². The molecule has 2 bridgehead atoms. The molecule has 13 heavy (non-hydrogen) atoms. The van der Waals surface area contributed by atoms with E-state index < -0.39 is 6.10 Å². The van der Waals surface area contributed by atoms with Crippen LogP contribution in [0.25, 0.3) is 0 Å². The molecule has 2 saturated carbocycles. The van der Waals surface area contributed by atoms with E-state index in [-0.39, 0.29) is 35.7 Å². The number of alkyl halides is 1. The van der Waals surface area contributed by atoms with Gasteiger partial charge in [0.15, 0.2) is 0 Å². The highest BCUT2D eigenvalue weighted by atomic mass is 35.5. The summed E-state index contributed by atoms with van der Waals surface area (Å²) in [5.74, 6) is -0.133. The second-order valence-corrected chi connectivity index (χ2v) is 4.50. The van der Waals surface area contributed by atoms with Crippen molar-refractivity contribution in [3.63, 3.8) is 0 Å². The summed E-state index contributed by atoms with van der Waals surface area (Å²) >= 11 is 5.98. The molecule has 2 fully saturated rings. The Morgan fingerprint density at radius 2 is 2.15 bits per heavy atom. The predicted octanol–water partition coefficient (Wildman–Crippen LogP) is 0.353. The van der Waals surface area contributed by atoms with Crippen LogP contribution >= 0.6 is 11.6 Å². The Bertz CT molecular complexity index is 250. The zero-order valence-electron chi connectivity index (χ0n) is 7.10. The first-order chi connectivity index (χ1) is 6.20. The molecule has 0 saturated heterocycles. The molecule has 2 rings (SSSR count). The second kappa shape index (κ2) is 3.13. The number of nitriles is 1. The third-order valence-electron chi connectivity index (χ3n) is 3.55. The highest BCUT2D eigenvalue weighted by Crippen LogP contribution is 2.53. The van der Waals surface area contributed by atoms with Gasteiger partial charge >= 0.3 is 0 Å². The van der Waals surface area contributed by atoms with Crippen molar-refractivity contribution in [3.8, 4) is 6.07 Å². The molecule has 0 spiro atoms. The standard InChI is InChI=1S/C9H12ClNO2/c10-8-4-1-5(9(8)13)6(2-11)7(4)3-12/h4-9,12-13H,1,3H2/t4-,5+,6-,7-,8+,9+/m0/s1. The summed E-state index contributed by atoms with van der Waals surface area (Å²) in [4.78, 5) is 0. The molecular formula is C9H12ClNO2. The minimum absolute atomic E-state index is 0.00926. The minimum Gasteiger partial charge on any atom is -0.396 e. The number of aliphatic hydroxyl groups excluding tert-OH is 2. The van der Waals surface area contributed by atoms with Gasteiger partial charge in [-0.3, -0.25) is 0 Å². The normalized spacial score (nSPS) is 53.7. The fraction of sp³-hybridized carbons (Fsp3) is 0.889. The van der Waals surface area contributed by atoms with Crippen molar-refractivity contribution in [2.24, 2.45) is 23.7 Å². The zero-order valence-corrected chi connectivity index (χ0v) is 7.85. The maximum absolute atomic E-state index is 9.64. The summed E-state index contributed by atoms with van der Waals surface area (Å²) in [6, 6.07) is 2.17. The lowest BCUT2D eigenvalue weighted by molar-refractivity contribution is 0.0554. The van der Waals surface area contributed by atoms with Crippen LogP contribution in [0.2, 0.25) is 0 Å². The Kier molecular flexibility index (Phi) is 2.23. The van der Waals surface area contributed by atoms with Crippen molar-refractivity contribution in [2.75, 3.05) is 6.61 Å². The van der Waals surface area contributed by atoms with Gasteiger partial charge in [0, 0.05) is 18.4 Å². The molecule has 0 aromatic carbocycles. The Morgan fingerprint density at radius 3 is 2.69 bits per heavy atom. The van der Waals surface area contributed by atoms with Crippen molar-refractivity contribution in [1.82, 2.24) is 0 Å². The number of fused-ring (bicyclic) bond motifs is 2. The maximum Gasteiger partial charge on any atom is 0.0747 e. The molecule has 2 N–H and O–H groups in total. The smallest absolute Gasteiger partial charge is 0.0747 e. The Labute approximate surface area is 81.9 Å². The van der Waals surface area contributed by atoms with E-state index in [0.29, 0.717) is 0 Å². The molecular weight excluding hydrogens is 190 g/mol. The van der Waals surface area contributed by atoms with Crippen LogP contribution in [0.5, 0.6) is 0 Å². The van der Waals surface area contributed by atoms with Crippen molar-refractivity contribution in [3.05, 3.63) is 0 Å². The van der Waals surface area contributed by atoms with Crippen LogP contribution in [0, 0.1) is 35.0 Å². The molecule has 0 aliphatic heterocycles. The van der Waals surface area contributed by atoms with E-state index in [1.807, 2.05) is 0 Å². The molecule has 4 heteroatoms. The molecule has 2 aliphatic carbocycles. The average molecular weight is 202 g/mol. The van der Waals surface area contributed by atoms with Crippen molar-refractivity contribution < 1.29 is 10.2 Å². The van der Waals surface area contributed by atoms with Crippen LogP contribution in [0.1, 0.15) is 6.42 Å². The van der Waals surface area contributed by atoms with Gasteiger partial charge in [-0.05, 0) is 12.3 Å². The number of rotatable bonds is 1. The van der Waals surface area contributed by atoms with Crippen molar-refractivity contribution >= 4 is 11.6 Å². The molecule has 0 unspecified atom stereocenters. The monoisotopic (exact) mass is 201 g/mol. The van der Waals surface area contributed by atoms with Gasteiger partial charge < -0.3 is 10.2 Å². The summed E-state index contributed by atoms with van der Waals surface area (Å²) in [6.45, 7) is 0.00926. The maximum atomic E-state index is 9.64. The first-order valence-electron chi connectivity index (χ1n) is 4.53. The van der Waals surface area contributed by atoms with Gasteiger partial charge in [-0.25, -0.2) is 0 Å². The number of hydrogen-bond donors (Lipinski definition) is 2. The molecule has 2 aliphatic rings. The Morgan fingerprint density at radius 1 is 1.46 bits per heavy atom. The van der Waals surface area contributed by atoms with E-state index in [1.165, 1.54) is 0 Å². The third-order valence-corrected chi connectivity index (χ3v) is 4.13. The highest BCUT2D eigenvalue weighted by molar-refractivity contribution is 6.21. The summed E-state index contributed by atoms with van der Waals surface area (Å²) in [7, 11) is 0. The van der Waals surface area contributed by atoms with E-state index in [1.54, 1.807) is 0 Å². The van der Waals surface area contributed by atoms with Gasteiger partial charge in [0.2, 0.25) is 0 Å². The summed E-state index contributed by atoms with van der Waals surface area (Å²) in [5.41, 5.74) is 0. The van der Waals surface area contributed by atoms with Gasteiger partial charge in [0.25, 0.3) is 0 Å². The number of aliphatic hydroxyl groups is 2. The summed E-state index contributed by atoms with van der Waals surface area (Å²) in [5, 5.41) is 27.3. The quantitative estimate of drug-likeness (QED) is 0.602. The van der Waals surface area contributed by atoms with Crippen molar-refractivity contribution in [1.29, 1.82) is 5.26 Å². The van der Waals surface area contributed by atoms with Gasteiger partial charge in [0.05, 0.1) is 23.5 Å². The Hall–Kier alpha value is -0.300. The molecule has 0 heterocycles. The van der Waals surface area contributed by atoms with Gasteiger partial charge in [-0.2, -0.15) is 5.26 Å². The first-order valence-corrected chi connectivity index (χ1v) is 4.97. The molecule has 3 nitrogen and oxygen atoms in total. The lowest BCUT2D eigenvalue weighted by Gasteiger charge is -2.31. The third kappa shape index (κ3) is 1.10. The van der Waals surface area contributed by atoms with Gasteiger partial charge in [-0.1, -0.05) is 0 Å². The SMILES string of the molecule is N#C[C@@H]1[C@@H](CO)[C@@H]2C[C@H]1[C@@H](O)[C@@H]2Cl. The highest BCUT2D eigenvalue weighted by Gasteiger charge is 2.57. The molecule has 72 valence electrons. The van der Waals surface area contributed by atoms with Gasteiger partial charge in [0.1, 0.15) is 0 Å². The lowest BCUT2D eigenvalue weighted by atomic mass is 9.79. The number of nitrogens with zero attached hydrogens (tertiary/aromatic N) is 1. The van der Waals surface area contributed by atoms with E-state index in [4.69, 9.17) is 22.0 Å². The molecule has 0 amide bonds. The fourth-order valence-electron chi connectivity index (χ4n) is 2.87. The Balaban J connectivity index is 2.23. The van der Waals surface area contributed by atoms with Crippen LogP contribution in [-0.4, -0.2) is 28.3 Å². The van der Waals surface area contributed by atoms with Gasteiger partial charge in [-0.15, -0.1) is 11.6 Å². The predicted molar refractivity (Wildman–Crippen MR) is 46.9 cm³/mol. The number of hydrogen-bond acceptors (Lipinski definition) is 3. The topological polar surface area (TPSA) is 64.2 Å². The lowest BCUT2D eigenvalue weighted by Crippen LogP contribution is -2.40. The molecule has 6 atom stereocenters. The zero-order chi connectivity index (χ0) is 9.59. The largest absolute Gasteiger partial charge is 0.396 e. The van der Waals surface area contributed by atoms with E-state index in [9.17, 15) is 5.11 Å². The van der Waals surface area contributed by atoms with Crippen LogP contribution in [-0.2, 0) is 0 Å². The first kappa shape index (κ1) is 9.26. The van der Waals surface area contributed by atoms with Crippen LogP contribution in [0.4, 0.5) is 0 Å². The van der Waals surface area contributed by atoms with E-state index in [2.05, 4.69) is 6.07 Å². The molecule has 0 aromatic rings. The van der Waals surface area contributed by atoms with Crippen LogP contribution in [0.3, 0.4) is 0 Å². The summed E-state index contributed by atoms with van der Waals surface area (Å²) < 4.78 is 0. The number of halogens is 1. The molecule has 0 radical (unpaired) electrons. The second-order valence-electron chi connectivity index (χ2n) is 4.00. The fourth-order valence-corrected chi connectivity index (χ4v) is 3.34.